The van der Waals surface area contributed by atoms with Crippen LogP contribution in [0, 0.1) is 4.77 Å². The summed E-state index contributed by atoms with van der Waals surface area (Å²) in [7, 11) is 1.60. The summed E-state index contributed by atoms with van der Waals surface area (Å²) in [5.74, 6) is 7.02. The molecule has 0 radical (unpaired) electrons. The van der Waals surface area contributed by atoms with Crippen LogP contribution in [-0.2, 0) is 0 Å². The Morgan fingerprint density at radius 3 is 3.07 bits per heavy atom. The molecule has 2 aromatic rings. The summed E-state index contributed by atoms with van der Waals surface area (Å²) in [5.41, 5.74) is 0. The van der Waals surface area contributed by atoms with Crippen LogP contribution in [0.2, 0.25) is 0 Å². The van der Waals surface area contributed by atoms with Crippen LogP contribution in [0.1, 0.15) is 0 Å². The molecule has 74 valence electrons. The Morgan fingerprint density at radius 1 is 1.71 bits per heavy atom. The molecule has 0 atom stereocenters. The summed E-state index contributed by atoms with van der Waals surface area (Å²) >= 11 is 6.41. The second-order valence-corrected chi connectivity index (χ2v) is 3.84. The molecular formula is C7H8N4OS2. The average Bonchev–Trinajstić information content (AvgIpc) is 2.75. The minimum atomic E-state index is 0.385. The first-order valence-corrected chi connectivity index (χ1v) is 5.07. The quantitative estimate of drug-likeness (QED) is 0.602. The molecule has 0 unspecified atom stereocenters. The number of H-pyrrole nitrogens is 1. The van der Waals surface area contributed by atoms with Gasteiger partial charge in [0.25, 0.3) is 0 Å². The van der Waals surface area contributed by atoms with Crippen molar-refractivity contribution in [1.82, 2.24) is 14.9 Å². The molecule has 0 aliphatic heterocycles. The average molecular weight is 228 g/mol. The highest BCUT2D eigenvalue weighted by Gasteiger charge is 2.13. The van der Waals surface area contributed by atoms with Crippen molar-refractivity contribution >= 4 is 23.6 Å². The molecule has 2 aromatic heterocycles. The van der Waals surface area contributed by atoms with E-state index < -0.39 is 0 Å². The molecule has 0 spiro atoms. The number of methoxy groups -OCH3 is 1. The molecule has 0 aromatic carbocycles. The molecular weight excluding hydrogens is 220 g/mol. The largest absolute Gasteiger partial charge is 0.495 e. The van der Waals surface area contributed by atoms with Crippen LogP contribution in [0.5, 0.6) is 5.75 Å². The SMILES string of the molecule is COc1ccsc1-c1n[nH]c(=S)n1N. The third-order valence-corrected chi connectivity index (χ3v) is 2.94. The van der Waals surface area contributed by atoms with Gasteiger partial charge in [0, 0.05) is 0 Å². The van der Waals surface area contributed by atoms with E-state index >= 15 is 0 Å². The zero-order valence-corrected chi connectivity index (χ0v) is 8.98. The van der Waals surface area contributed by atoms with Gasteiger partial charge >= 0.3 is 0 Å². The highest BCUT2D eigenvalue weighted by atomic mass is 32.1. The lowest BCUT2D eigenvalue weighted by Crippen LogP contribution is -2.09. The maximum atomic E-state index is 5.69. The molecule has 0 aliphatic carbocycles. The standard InChI is InChI=1S/C7H8N4OS2/c1-12-4-2-3-14-5(4)6-9-10-7(13)11(6)8/h2-3H,8H2,1H3,(H,10,13). The van der Waals surface area contributed by atoms with Crippen molar-refractivity contribution in [3.05, 3.63) is 16.2 Å². The summed E-state index contributed by atoms with van der Waals surface area (Å²) in [6, 6.07) is 1.86. The number of ether oxygens (including phenoxy) is 1. The fourth-order valence-electron chi connectivity index (χ4n) is 1.09. The lowest BCUT2D eigenvalue weighted by atomic mass is 10.4. The number of nitrogen functional groups attached to an aromatic ring is 1. The number of aromatic nitrogens is 3. The predicted molar refractivity (Wildman–Crippen MR) is 57.4 cm³/mol. The zero-order valence-electron chi connectivity index (χ0n) is 7.35. The van der Waals surface area contributed by atoms with Crippen molar-refractivity contribution in [3.63, 3.8) is 0 Å². The van der Waals surface area contributed by atoms with E-state index in [2.05, 4.69) is 10.2 Å². The number of nitrogens with one attached hydrogen (secondary N) is 1. The highest BCUT2D eigenvalue weighted by molar-refractivity contribution is 7.71. The van der Waals surface area contributed by atoms with Gasteiger partial charge in [-0.05, 0) is 23.7 Å². The minimum Gasteiger partial charge on any atom is -0.495 e. The number of hydrogen-bond acceptors (Lipinski definition) is 5. The Labute approximate surface area is 89.1 Å². The van der Waals surface area contributed by atoms with Crippen molar-refractivity contribution in [3.8, 4) is 16.5 Å². The molecule has 2 rings (SSSR count). The molecule has 14 heavy (non-hydrogen) atoms. The molecule has 7 heteroatoms. The maximum absolute atomic E-state index is 5.69. The van der Waals surface area contributed by atoms with E-state index in [0.717, 1.165) is 10.6 Å². The summed E-state index contributed by atoms with van der Waals surface area (Å²) in [5, 5.41) is 8.54. The molecule has 0 fully saturated rings. The Bertz CT molecular complexity index is 498. The van der Waals surface area contributed by atoms with Crippen LogP contribution >= 0.6 is 23.6 Å². The first-order chi connectivity index (χ1) is 6.74. The van der Waals surface area contributed by atoms with Gasteiger partial charge in [-0.3, -0.25) is 0 Å². The molecule has 0 saturated carbocycles. The van der Waals surface area contributed by atoms with Crippen LogP contribution in [-0.4, -0.2) is 22.0 Å². The van der Waals surface area contributed by atoms with Gasteiger partial charge in [-0.25, -0.2) is 9.77 Å². The van der Waals surface area contributed by atoms with Crippen molar-refractivity contribution in [2.75, 3.05) is 13.0 Å². The van der Waals surface area contributed by atoms with Gasteiger partial charge in [0.1, 0.15) is 10.6 Å². The van der Waals surface area contributed by atoms with Crippen LogP contribution in [0.25, 0.3) is 10.7 Å². The van der Waals surface area contributed by atoms with E-state index in [1.807, 2.05) is 11.4 Å². The Kier molecular flexibility index (Phi) is 2.26. The third kappa shape index (κ3) is 1.30. The second-order valence-electron chi connectivity index (χ2n) is 2.54. The summed E-state index contributed by atoms with van der Waals surface area (Å²) in [4.78, 5) is 0.863. The van der Waals surface area contributed by atoms with Gasteiger partial charge in [0.05, 0.1) is 7.11 Å². The van der Waals surface area contributed by atoms with Gasteiger partial charge in [0.15, 0.2) is 5.82 Å². The Hall–Kier alpha value is -1.34. The smallest absolute Gasteiger partial charge is 0.214 e. The van der Waals surface area contributed by atoms with Gasteiger partial charge in [-0.2, -0.15) is 5.10 Å². The van der Waals surface area contributed by atoms with Gasteiger partial charge in [-0.15, -0.1) is 11.3 Å². The van der Waals surface area contributed by atoms with Gasteiger partial charge in [-0.1, -0.05) is 0 Å². The first-order valence-electron chi connectivity index (χ1n) is 3.78. The topological polar surface area (TPSA) is 68.9 Å². The first kappa shape index (κ1) is 9.22. The summed E-state index contributed by atoms with van der Waals surface area (Å²) in [6.45, 7) is 0. The molecule has 0 aliphatic rings. The van der Waals surface area contributed by atoms with Crippen molar-refractivity contribution in [2.45, 2.75) is 0 Å². The highest BCUT2D eigenvalue weighted by Crippen LogP contribution is 2.33. The van der Waals surface area contributed by atoms with Crippen molar-refractivity contribution < 1.29 is 4.74 Å². The normalized spacial score (nSPS) is 10.4. The van der Waals surface area contributed by atoms with E-state index in [9.17, 15) is 0 Å². The minimum absolute atomic E-state index is 0.385. The number of hydrogen-bond donors (Lipinski definition) is 2. The van der Waals surface area contributed by atoms with E-state index in [-0.39, 0.29) is 0 Å². The van der Waals surface area contributed by atoms with Crippen molar-refractivity contribution in [1.29, 1.82) is 0 Å². The van der Waals surface area contributed by atoms with Gasteiger partial charge < -0.3 is 10.6 Å². The van der Waals surface area contributed by atoms with Crippen LogP contribution < -0.4 is 10.6 Å². The summed E-state index contributed by atoms with van der Waals surface area (Å²) in [6.07, 6.45) is 0. The monoisotopic (exact) mass is 228 g/mol. The number of nitrogens with two attached hydrogens (primary N) is 1. The Balaban J connectivity index is 2.60. The summed E-state index contributed by atoms with van der Waals surface area (Å²) < 4.78 is 6.87. The van der Waals surface area contributed by atoms with Crippen LogP contribution in [0.3, 0.4) is 0 Å². The molecule has 0 amide bonds. The van der Waals surface area contributed by atoms with E-state index in [0.29, 0.717) is 10.6 Å². The maximum Gasteiger partial charge on any atom is 0.214 e. The van der Waals surface area contributed by atoms with E-state index in [4.69, 9.17) is 22.8 Å². The predicted octanol–water partition coefficient (Wildman–Crippen LogP) is 1.39. The zero-order chi connectivity index (χ0) is 10.1. The molecule has 0 bridgehead atoms. The van der Waals surface area contributed by atoms with E-state index in [1.54, 1.807) is 7.11 Å². The fourth-order valence-corrected chi connectivity index (χ4v) is 2.06. The van der Waals surface area contributed by atoms with E-state index in [1.165, 1.54) is 16.0 Å². The lowest BCUT2D eigenvalue weighted by Gasteiger charge is -2.00. The number of nitrogens with zero attached hydrogens (tertiary/aromatic N) is 2. The molecule has 2 heterocycles. The second kappa shape index (κ2) is 3.43. The Morgan fingerprint density at radius 2 is 2.50 bits per heavy atom. The number of aromatic amines is 1. The molecule has 0 saturated heterocycles. The lowest BCUT2D eigenvalue weighted by molar-refractivity contribution is 0.418. The third-order valence-electron chi connectivity index (χ3n) is 1.76. The molecule has 3 N–H and O–H groups in total. The number of rotatable bonds is 2. The van der Waals surface area contributed by atoms with Gasteiger partial charge in [0.2, 0.25) is 4.77 Å². The number of thiophene rings is 1. The van der Waals surface area contributed by atoms with Crippen LogP contribution in [0.15, 0.2) is 11.4 Å². The van der Waals surface area contributed by atoms with Crippen LogP contribution in [0.4, 0.5) is 0 Å². The fraction of sp³-hybridized carbons (Fsp3) is 0.143. The van der Waals surface area contributed by atoms with Crippen molar-refractivity contribution in [2.24, 2.45) is 0 Å². The molecule has 5 nitrogen and oxygen atoms in total.